The van der Waals surface area contributed by atoms with Gasteiger partial charge in [0.2, 0.25) is 5.91 Å². The minimum absolute atomic E-state index is 0.127. The summed E-state index contributed by atoms with van der Waals surface area (Å²) in [7, 11) is 0. The van der Waals surface area contributed by atoms with E-state index in [0.717, 1.165) is 38.8 Å². The van der Waals surface area contributed by atoms with Gasteiger partial charge < -0.3 is 14.7 Å². The molecule has 4 aliphatic rings. The molecule has 1 amide bonds. The molecule has 130 valence electrons. The third-order valence-corrected chi connectivity index (χ3v) is 7.10. The molecular formula is C19H31NO3. The Bertz CT molecular complexity index is 438. The van der Waals surface area contributed by atoms with E-state index in [1.54, 1.807) is 0 Å². The second-order valence-electron chi connectivity index (χ2n) is 8.49. The average Bonchev–Trinajstić information content (AvgIpc) is 2.55. The van der Waals surface area contributed by atoms with Crippen molar-refractivity contribution in [2.75, 3.05) is 13.2 Å². The maximum Gasteiger partial charge on any atom is 0.225 e. The van der Waals surface area contributed by atoms with Gasteiger partial charge in [0.25, 0.3) is 0 Å². The lowest BCUT2D eigenvalue weighted by Gasteiger charge is -2.48. The number of aliphatic hydroxyl groups is 1. The molecule has 2 saturated heterocycles. The fourth-order valence-corrected chi connectivity index (χ4v) is 5.40. The molecule has 2 aliphatic carbocycles. The summed E-state index contributed by atoms with van der Waals surface area (Å²) < 4.78 is 6.06. The van der Waals surface area contributed by atoms with Crippen LogP contribution >= 0.6 is 0 Å². The van der Waals surface area contributed by atoms with Gasteiger partial charge in [-0.2, -0.15) is 0 Å². The molecule has 0 aromatic heterocycles. The molecule has 0 radical (unpaired) electrons. The Balaban J connectivity index is 1.33. The molecule has 0 aromatic rings. The number of fused-ring (bicyclic) bond motifs is 1. The fourth-order valence-electron chi connectivity index (χ4n) is 5.40. The lowest BCUT2D eigenvalue weighted by atomic mass is 9.65. The molecule has 4 atom stereocenters. The standard InChI is InChI=1S/C19H31NO3/c21-17-7-11-20(16-5-2-1-4-15(16)17)18(22)12-14-6-10-19(13-23-14)8-3-9-19/h14-17,21H,1-13H2. The number of hydrogen-bond acceptors (Lipinski definition) is 3. The zero-order chi connectivity index (χ0) is 15.9. The van der Waals surface area contributed by atoms with E-state index in [-0.39, 0.29) is 24.2 Å². The van der Waals surface area contributed by atoms with E-state index < -0.39 is 0 Å². The van der Waals surface area contributed by atoms with E-state index >= 15 is 0 Å². The van der Waals surface area contributed by atoms with Crippen molar-refractivity contribution in [1.82, 2.24) is 4.90 Å². The summed E-state index contributed by atoms with van der Waals surface area (Å²) in [6.07, 6.45) is 12.1. The van der Waals surface area contributed by atoms with Crippen LogP contribution in [0.3, 0.4) is 0 Å². The quantitative estimate of drug-likeness (QED) is 0.851. The average molecular weight is 321 g/mol. The van der Waals surface area contributed by atoms with Crippen LogP contribution in [0.2, 0.25) is 0 Å². The van der Waals surface area contributed by atoms with Crippen LogP contribution in [-0.2, 0) is 9.53 Å². The summed E-state index contributed by atoms with van der Waals surface area (Å²) in [4.78, 5) is 14.9. The molecule has 4 nitrogen and oxygen atoms in total. The van der Waals surface area contributed by atoms with Gasteiger partial charge in [-0.25, -0.2) is 0 Å². The third-order valence-electron chi connectivity index (χ3n) is 7.10. The van der Waals surface area contributed by atoms with E-state index in [1.165, 1.54) is 38.5 Å². The number of hydrogen-bond donors (Lipinski definition) is 1. The summed E-state index contributed by atoms with van der Waals surface area (Å²) >= 11 is 0. The molecule has 0 bridgehead atoms. The lowest BCUT2D eigenvalue weighted by Crippen LogP contribution is -2.55. The van der Waals surface area contributed by atoms with Crippen molar-refractivity contribution in [1.29, 1.82) is 0 Å². The first kappa shape index (κ1) is 15.9. The normalized spacial score (nSPS) is 39.6. The Morgan fingerprint density at radius 2 is 1.91 bits per heavy atom. The summed E-state index contributed by atoms with van der Waals surface area (Å²) in [6, 6.07) is 0.279. The number of amides is 1. The molecular weight excluding hydrogens is 290 g/mol. The Labute approximate surface area is 139 Å². The van der Waals surface area contributed by atoms with Crippen LogP contribution < -0.4 is 0 Å². The van der Waals surface area contributed by atoms with Gasteiger partial charge in [0.15, 0.2) is 0 Å². The highest BCUT2D eigenvalue weighted by Gasteiger charge is 2.43. The molecule has 4 unspecified atom stereocenters. The SMILES string of the molecule is O=C(CC1CCC2(CCC2)CO1)N1CCC(O)C2CCCCC21. The second kappa shape index (κ2) is 6.36. The first-order chi connectivity index (χ1) is 11.2. The molecule has 23 heavy (non-hydrogen) atoms. The van der Waals surface area contributed by atoms with E-state index in [2.05, 4.69) is 4.90 Å². The van der Waals surface area contributed by atoms with Crippen molar-refractivity contribution in [2.45, 2.75) is 88.9 Å². The zero-order valence-electron chi connectivity index (χ0n) is 14.2. The minimum atomic E-state index is -0.200. The largest absolute Gasteiger partial charge is 0.393 e. The van der Waals surface area contributed by atoms with Gasteiger partial charge in [-0.05, 0) is 50.4 Å². The van der Waals surface area contributed by atoms with Crippen molar-refractivity contribution in [3.63, 3.8) is 0 Å². The van der Waals surface area contributed by atoms with Crippen molar-refractivity contribution < 1.29 is 14.6 Å². The maximum atomic E-state index is 12.8. The molecule has 1 N–H and O–H groups in total. The topological polar surface area (TPSA) is 49.8 Å². The van der Waals surface area contributed by atoms with Crippen LogP contribution in [0.1, 0.15) is 70.6 Å². The number of carbonyl (C=O) groups excluding carboxylic acids is 1. The van der Waals surface area contributed by atoms with E-state index in [1.807, 2.05) is 0 Å². The third kappa shape index (κ3) is 3.05. The van der Waals surface area contributed by atoms with Gasteiger partial charge in [0, 0.05) is 18.5 Å². The summed E-state index contributed by atoms with van der Waals surface area (Å²) in [5.41, 5.74) is 0.475. The number of nitrogens with zero attached hydrogens (tertiary/aromatic N) is 1. The molecule has 4 heteroatoms. The smallest absolute Gasteiger partial charge is 0.225 e. The van der Waals surface area contributed by atoms with Crippen molar-refractivity contribution in [2.24, 2.45) is 11.3 Å². The van der Waals surface area contributed by atoms with Gasteiger partial charge in [-0.1, -0.05) is 19.3 Å². The molecule has 0 aromatic carbocycles. The number of carbonyl (C=O) groups is 1. The fraction of sp³-hybridized carbons (Fsp3) is 0.947. The second-order valence-corrected chi connectivity index (χ2v) is 8.49. The van der Waals surface area contributed by atoms with Gasteiger partial charge >= 0.3 is 0 Å². The molecule has 4 rings (SSSR count). The van der Waals surface area contributed by atoms with Gasteiger partial charge in [0.1, 0.15) is 0 Å². The number of ether oxygens (including phenoxy) is 1. The maximum absolute atomic E-state index is 12.8. The molecule has 2 aliphatic heterocycles. The minimum Gasteiger partial charge on any atom is -0.393 e. The van der Waals surface area contributed by atoms with Crippen LogP contribution in [0.5, 0.6) is 0 Å². The monoisotopic (exact) mass is 321 g/mol. The molecule has 2 heterocycles. The van der Waals surface area contributed by atoms with Crippen LogP contribution in [0.25, 0.3) is 0 Å². The highest BCUT2D eigenvalue weighted by Crippen LogP contribution is 2.48. The molecule has 4 fully saturated rings. The van der Waals surface area contributed by atoms with Crippen LogP contribution in [-0.4, -0.2) is 47.3 Å². The predicted molar refractivity (Wildman–Crippen MR) is 88.0 cm³/mol. The summed E-state index contributed by atoms with van der Waals surface area (Å²) in [6.45, 7) is 1.60. The van der Waals surface area contributed by atoms with Gasteiger partial charge in [-0.3, -0.25) is 4.79 Å². The van der Waals surface area contributed by atoms with Crippen molar-refractivity contribution in [3.8, 4) is 0 Å². The number of aliphatic hydroxyl groups excluding tert-OH is 1. The first-order valence-electron chi connectivity index (χ1n) is 9.76. The van der Waals surface area contributed by atoms with Gasteiger partial charge in [-0.15, -0.1) is 0 Å². The van der Waals surface area contributed by atoms with E-state index in [4.69, 9.17) is 4.74 Å². The number of piperidine rings is 1. The van der Waals surface area contributed by atoms with E-state index in [0.29, 0.717) is 17.8 Å². The predicted octanol–water partition coefficient (Wildman–Crippen LogP) is 2.88. The van der Waals surface area contributed by atoms with Crippen LogP contribution in [0, 0.1) is 11.3 Å². The Morgan fingerprint density at radius 1 is 1.09 bits per heavy atom. The summed E-state index contributed by atoms with van der Waals surface area (Å²) in [5, 5.41) is 10.3. The first-order valence-corrected chi connectivity index (χ1v) is 9.76. The molecule has 1 spiro atoms. The van der Waals surface area contributed by atoms with Crippen LogP contribution in [0.4, 0.5) is 0 Å². The Hall–Kier alpha value is -0.610. The highest BCUT2D eigenvalue weighted by atomic mass is 16.5. The number of likely N-dealkylation sites (tertiary alicyclic amines) is 1. The lowest BCUT2D eigenvalue weighted by molar-refractivity contribution is -0.150. The van der Waals surface area contributed by atoms with Gasteiger partial charge in [0.05, 0.1) is 25.2 Å². The van der Waals surface area contributed by atoms with Crippen molar-refractivity contribution >= 4 is 5.91 Å². The Kier molecular flexibility index (Phi) is 4.39. The van der Waals surface area contributed by atoms with Crippen molar-refractivity contribution in [3.05, 3.63) is 0 Å². The number of rotatable bonds is 2. The molecule has 2 saturated carbocycles. The highest BCUT2D eigenvalue weighted by molar-refractivity contribution is 5.77. The summed E-state index contributed by atoms with van der Waals surface area (Å²) in [5.74, 6) is 0.579. The van der Waals surface area contributed by atoms with Crippen LogP contribution in [0.15, 0.2) is 0 Å². The van der Waals surface area contributed by atoms with E-state index in [9.17, 15) is 9.90 Å². The zero-order valence-corrected chi connectivity index (χ0v) is 14.2. The Morgan fingerprint density at radius 3 is 2.61 bits per heavy atom.